The summed E-state index contributed by atoms with van der Waals surface area (Å²) in [5.41, 5.74) is 0.930. The molecule has 4 rings (SSSR count). The lowest BCUT2D eigenvalue weighted by Gasteiger charge is -2.35. The number of rotatable bonds is 15. The Labute approximate surface area is 255 Å². The minimum absolute atomic E-state index is 0.00569. The van der Waals surface area contributed by atoms with E-state index in [0.717, 1.165) is 5.56 Å². The monoisotopic (exact) mass is 619 g/mol. The molecular formula is C32H45NO9S. The van der Waals surface area contributed by atoms with Crippen molar-refractivity contribution in [3.63, 3.8) is 0 Å². The smallest absolute Gasteiger partial charge is 0.306 e. The second-order valence-corrected chi connectivity index (χ2v) is 13.5. The number of benzene rings is 2. The summed E-state index contributed by atoms with van der Waals surface area (Å²) in [6.07, 6.45) is -1.47. The third kappa shape index (κ3) is 8.77. The van der Waals surface area contributed by atoms with E-state index in [1.165, 1.54) is 23.5 Å². The number of ether oxygens (including phenoxy) is 5. The highest BCUT2D eigenvalue weighted by Gasteiger charge is 2.48. The van der Waals surface area contributed by atoms with E-state index >= 15 is 0 Å². The fraction of sp³-hybridized carbons (Fsp3) is 0.594. The molecule has 2 heterocycles. The van der Waals surface area contributed by atoms with Crippen LogP contribution in [0.25, 0.3) is 0 Å². The van der Waals surface area contributed by atoms with Crippen molar-refractivity contribution in [3.8, 4) is 5.75 Å². The van der Waals surface area contributed by atoms with E-state index in [-0.39, 0.29) is 42.3 Å². The second-order valence-electron chi connectivity index (χ2n) is 11.6. The summed E-state index contributed by atoms with van der Waals surface area (Å²) < 4.78 is 57.2. The third-order valence-electron chi connectivity index (χ3n) is 7.92. The summed E-state index contributed by atoms with van der Waals surface area (Å²) in [4.78, 5) is 13.5. The molecule has 0 radical (unpaired) electrons. The number of carbonyl (C=O) groups is 1. The number of aliphatic hydroxyl groups excluding tert-OH is 1. The van der Waals surface area contributed by atoms with E-state index in [1.807, 2.05) is 51.1 Å². The first-order valence-electron chi connectivity index (χ1n) is 15.0. The molecule has 0 saturated carbocycles. The Hall–Kier alpha value is -2.54. The molecule has 2 saturated heterocycles. The highest BCUT2D eigenvalue weighted by Crippen LogP contribution is 2.35. The number of esters is 1. The average Bonchev–Trinajstić information content (AvgIpc) is 3.40. The Bertz CT molecular complexity index is 1260. The summed E-state index contributed by atoms with van der Waals surface area (Å²) in [7, 11) is -2.42. The first kappa shape index (κ1) is 33.4. The van der Waals surface area contributed by atoms with Crippen LogP contribution in [0.15, 0.2) is 59.5 Å². The van der Waals surface area contributed by atoms with Gasteiger partial charge in [-0.1, -0.05) is 44.2 Å². The molecule has 2 aliphatic heterocycles. The SMILES string of the molecule is CCO[C@H]1CO[C@@H]2OCC[C@H](OC(=O)C[C@@H](Cc3ccccc3)[C@H](O)CN(CC(C)C)S(=O)(=O)c3ccc(OC)cc3)[C@@H]21. The number of fused-ring (bicyclic) bond motifs is 1. The molecule has 0 bridgehead atoms. The number of nitrogens with zero attached hydrogens (tertiary/aromatic N) is 1. The van der Waals surface area contributed by atoms with Gasteiger partial charge in [-0.15, -0.1) is 0 Å². The van der Waals surface area contributed by atoms with Crippen molar-refractivity contribution in [2.75, 3.05) is 40.0 Å². The molecule has 0 aromatic heterocycles. The van der Waals surface area contributed by atoms with Gasteiger partial charge in [-0.3, -0.25) is 4.79 Å². The van der Waals surface area contributed by atoms with Crippen molar-refractivity contribution in [3.05, 3.63) is 60.2 Å². The normalized spacial score (nSPS) is 23.6. The third-order valence-corrected chi connectivity index (χ3v) is 9.76. The van der Waals surface area contributed by atoms with Crippen molar-refractivity contribution < 1.29 is 42.0 Å². The van der Waals surface area contributed by atoms with E-state index in [9.17, 15) is 18.3 Å². The van der Waals surface area contributed by atoms with Crippen LogP contribution in [0.3, 0.4) is 0 Å². The topological polar surface area (TPSA) is 121 Å². The van der Waals surface area contributed by atoms with Crippen LogP contribution in [0.5, 0.6) is 5.75 Å². The molecule has 2 aromatic carbocycles. The molecule has 2 fully saturated rings. The number of hydrogen-bond donors (Lipinski definition) is 1. The molecule has 1 N–H and O–H groups in total. The maximum Gasteiger partial charge on any atom is 0.306 e. The van der Waals surface area contributed by atoms with Gasteiger partial charge in [0.15, 0.2) is 6.29 Å². The average molecular weight is 620 g/mol. The van der Waals surface area contributed by atoms with E-state index in [0.29, 0.717) is 38.4 Å². The molecule has 43 heavy (non-hydrogen) atoms. The summed E-state index contributed by atoms with van der Waals surface area (Å²) >= 11 is 0. The Balaban J connectivity index is 1.52. The summed E-state index contributed by atoms with van der Waals surface area (Å²) in [5.74, 6) is -0.726. The van der Waals surface area contributed by atoms with Crippen LogP contribution in [-0.4, -0.2) is 88.4 Å². The molecule has 0 unspecified atom stereocenters. The summed E-state index contributed by atoms with van der Waals surface area (Å²) in [5, 5.41) is 11.6. The van der Waals surface area contributed by atoms with Crippen LogP contribution in [0.4, 0.5) is 0 Å². The van der Waals surface area contributed by atoms with Crippen LogP contribution in [0.1, 0.15) is 39.2 Å². The Kier molecular flexibility index (Phi) is 12.0. The predicted molar refractivity (Wildman–Crippen MR) is 160 cm³/mol. The van der Waals surface area contributed by atoms with Gasteiger partial charge in [0.05, 0.1) is 49.8 Å². The molecule has 11 heteroatoms. The molecule has 2 aliphatic rings. The molecular weight excluding hydrogens is 574 g/mol. The van der Waals surface area contributed by atoms with Gasteiger partial charge in [0.2, 0.25) is 10.0 Å². The maximum absolute atomic E-state index is 13.7. The van der Waals surface area contributed by atoms with Crippen LogP contribution < -0.4 is 4.74 Å². The molecule has 2 aromatic rings. The van der Waals surface area contributed by atoms with Gasteiger partial charge in [0, 0.05) is 32.0 Å². The van der Waals surface area contributed by atoms with Crippen LogP contribution in [0, 0.1) is 17.8 Å². The standard InChI is InChI=1S/C32H45NO9S/c1-5-39-29-21-41-32-31(29)28(15-16-40-32)42-30(35)18-24(17-23-9-7-6-8-10-23)27(34)20-33(19-22(2)3)43(36,37)26-13-11-25(38-4)12-14-26/h6-14,22,24,27-29,31-32,34H,5,15-21H2,1-4H3/t24-,27-,28+,29+,31-,32+/m1/s1. The van der Waals surface area contributed by atoms with Crippen molar-refractivity contribution in [1.82, 2.24) is 4.31 Å². The predicted octanol–water partition coefficient (Wildman–Crippen LogP) is 3.66. The van der Waals surface area contributed by atoms with Gasteiger partial charge in [0.25, 0.3) is 0 Å². The van der Waals surface area contributed by atoms with E-state index < -0.39 is 40.4 Å². The highest BCUT2D eigenvalue weighted by molar-refractivity contribution is 7.89. The Morgan fingerprint density at radius 2 is 1.77 bits per heavy atom. The van der Waals surface area contributed by atoms with E-state index in [1.54, 1.807) is 12.1 Å². The zero-order valence-corrected chi connectivity index (χ0v) is 26.3. The fourth-order valence-corrected chi connectivity index (χ4v) is 7.41. The lowest BCUT2D eigenvalue weighted by atomic mass is 9.90. The van der Waals surface area contributed by atoms with Crippen molar-refractivity contribution in [1.29, 1.82) is 0 Å². The number of carbonyl (C=O) groups excluding carboxylic acids is 1. The number of sulfonamides is 1. The van der Waals surface area contributed by atoms with Gasteiger partial charge in [-0.25, -0.2) is 8.42 Å². The van der Waals surface area contributed by atoms with E-state index in [4.69, 9.17) is 23.7 Å². The number of aliphatic hydroxyl groups is 1. The molecule has 0 aliphatic carbocycles. The zero-order valence-electron chi connectivity index (χ0n) is 25.5. The van der Waals surface area contributed by atoms with Gasteiger partial charge in [-0.2, -0.15) is 4.31 Å². The van der Waals surface area contributed by atoms with Crippen LogP contribution in [-0.2, 0) is 40.2 Å². The fourth-order valence-electron chi connectivity index (χ4n) is 5.79. The first-order chi connectivity index (χ1) is 20.6. The van der Waals surface area contributed by atoms with E-state index in [2.05, 4.69) is 0 Å². The van der Waals surface area contributed by atoms with Crippen molar-refractivity contribution in [2.24, 2.45) is 17.8 Å². The van der Waals surface area contributed by atoms with Gasteiger partial charge >= 0.3 is 5.97 Å². The maximum atomic E-state index is 13.7. The second kappa shape index (κ2) is 15.5. The molecule has 238 valence electrons. The summed E-state index contributed by atoms with van der Waals surface area (Å²) in [6, 6.07) is 15.7. The zero-order chi connectivity index (χ0) is 31.0. The minimum Gasteiger partial charge on any atom is -0.497 e. The van der Waals surface area contributed by atoms with Crippen molar-refractivity contribution >= 4 is 16.0 Å². The largest absolute Gasteiger partial charge is 0.497 e. The molecule has 10 nitrogen and oxygen atoms in total. The van der Waals surface area contributed by atoms with Crippen molar-refractivity contribution in [2.45, 2.75) is 69.5 Å². The quantitative estimate of drug-likeness (QED) is 0.298. The van der Waals surface area contributed by atoms with Crippen LogP contribution in [0.2, 0.25) is 0 Å². The Morgan fingerprint density at radius 3 is 2.42 bits per heavy atom. The lowest BCUT2D eigenvalue weighted by molar-refractivity contribution is -0.200. The lowest BCUT2D eigenvalue weighted by Crippen LogP contribution is -2.46. The highest BCUT2D eigenvalue weighted by atomic mass is 32.2. The summed E-state index contributed by atoms with van der Waals surface area (Å²) in [6.45, 7) is 7.08. The molecule has 0 spiro atoms. The molecule has 0 amide bonds. The first-order valence-corrected chi connectivity index (χ1v) is 16.5. The van der Waals surface area contributed by atoms with Crippen LogP contribution >= 0.6 is 0 Å². The molecule has 6 atom stereocenters. The Morgan fingerprint density at radius 1 is 1.05 bits per heavy atom. The number of hydrogen-bond acceptors (Lipinski definition) is 9. The van der Waals surface area contributed by atoms with Gasteiger partial charge in [-0.05, 0) is 49.1 Å². The van der Waals surface area contributed by atoms with Gasteiger partial charge in [0.1, 0.15) is 11.9 Å². The minimum atomic E-state index is -3.94. The van der Waals surface area contributed by atoms with Gasteiger partial charge < -0.3 is 28.8 Å². The number of methoxy groups -OCH3 is 1.